The van der Waals surface area contributed by atoms with Crippen molar-refractivity contribution in [1.29, 1.82) is 0 Å². The van der Waals surface area contributed by atoms with Crippen molar-refractivity contribution in [2.45, 2.75) is 51.0 Å². The summed E-state index contributed by atoms with van der Waals surface area (Å²) in [5.74, 6) is -0.238. The molecule has 1 aliphatic rings. The van der Waals surface area contributed by atoms with Crippen LogP contribution in [0, 0.1) is 11.2 Å². The Balaban J connectivity index is 2.25. The molecule has 0 bridgehead atoms. The first-order valence-corrected chi connectivity index (χ1v) is 7.84. The number of benzene rings is 1. The van der Waals surface area contributed by atoms with Gasteiger partial charge in [0.2, 0.25) is 0 Å². The zero-order valence-electron chi connectivity index (χ0n) is 12.8. The van der Waals surface area contributed by atoms with Crippen LogP contribution in [0.1, 0.15) is 56.6 Å². The van der Waals surface area contributed by atoms with Gasteiger partial charge in [-0.3, -0.25) is 0 Å². The van der Waals surface area contributed by atoms with Crippen molar-refractivity contribution in [3.8, 4) is 5.75 Å². The second-order valence-electron chi connectivity index (χ2n) is 6.13. The lowest BCUT2D eigenvalue weighted by Gasteiger charge is -2.39. The monoisotopic (exact) mass is 295 g/mol. The molecule has 4 heteroatoms. The van der Waals surface area contributed by atoms with Crippen LogP contribution in [-0.2, 0) is 0 Å². The van der Waals surface area contributed by atoms with Gasteiger partial charge in [0.05, 0.1) is 13.2 Å². The number of ether oxygens (including phenoxy) is 1. The zero-order valence-corrected chi connectivity index (χ0v) is 12.8. The van der Waals surface area contributed by atoms with Gasteiger partial charge in [0, 0.05) is 12.0 Å². The molecule has 0 heterocycles. The van der Waals surface area contributed by atoms with Crippen LogP contribution in [0.5, 0.6) is 5.75 Å². The summed E-state index contributed by atoms with van der Waals surface area (Å²) in [4.78, 5) is 0. The molecule has 1 aliphatic carbocycles. The Bertz CT molecular complexity index is 456. The summed E-state index contributed by atoms with van der Waals surface area (Å²) >= 11 is 0. The Morgan fingerprint density at radius 1 is 1.24 bits per heavy atom. The van der Waals surface area contributed by atoms with E-state index in [1.54, 1.807) is 12.1 Å². The van der Waals surface area contributed by atoms with Crippen LogP contribution in [0.3, 0.4) is 0 Å². The van der Waals surface area contributed by atoms with E-state index in [9.17, 15) is 9.50 Å². The molecule has 118 valence electrons. The molecule has 1 saturated carbocycles. The first-order valence-electron chi connectivity index (χ1n) is 7.84. The van der Waals surface area contributed by atoms with Crippen molar-refractivity contribution in [2.75, 3.05) is 13.7 Å². The molecule has 0 spiro atoms. The van der Waals surface area contributed by atoms with Gasteiger partial charge >= 0.3 is 0 Å². The summed E-state index contributed by atoms with van der Waals surface area (Å²) < 4.78 is 18.8. The van der Waals surface area contributed by atoms with Crippen LogP contribution in [0.15, 0.2) is 18.2 Å². The SMILES string of the molecule is COc1ccc(C(O)C2(CN)CCCCCCC2)cc1F. The Labute approximate surface area is 126 Å². The third-order valence-electron chi connectivity index (χ3n) is 4.83. The van der Waals surface area contributed by atoms with Crippen molar-refractivity contribution in [1.82, 2.24) is 0 Å². The van der Waals surface area contributed by atoms with Crippen LogP contribution < -0.4 is 10.5 Å². The van der Waals surface area contributed by atoms with Crippen LogP contribution in [0.4, 0.5) is 4.39 Å². The number of halogens is 1. The Morgan fingerprint density at radius 3 is 2.38 bits per heavy atom. The second-order valence-corrected chi connectivity index (χ2v) is 6.13. The molecule has 2 rings (SSSR count). The van der Waals surface area contributed by atoms with Gasteiger partial charge in [0.1, 0.15) is 0 Å². The highest BCUT2D eigenvalue weighted by atomic mass is 19.1. The summed E-state index contributed by atoms with van der Waals surface area (Å²) in [6, 6.07) is 4.68. The molecular formula is C17H26FNO2. The second kappa shape index (κ2) is 7.23. The zero-order chi connectivity index (χ0) is 15.3. The van der Waals surface area contributed by atoms with Crippen LogP contribution >= 0.6 is 0 Å². The van der Waals surface area contributed by atoms with Crippen molar-refractivity contribution in [3.05, 3.63) is 29.6 Å². The van der Waals surface area contributed by atoms with E-state index < -0.39 is 11.9 Å². The smallest absolute Gasteiger partial charge is 0.165 e. The fourth-order valence-electron chi connectivity index (χ4n) is 3.40. The lowest BCUT2D eigenvalue weighted by molar-refractivity contribution is 0.00826. The number of aliphatic hydroxyl groups is 1. The van der Waals surface area contributed by atoms with Crippen molar-refractivity contribution in [2.24, 2.45) is 11.1 Å². The number of aliphatic hydroxyl groups excluding tert-OH is 1. The molecule has 0 saturated heterocycles. The normalized spacial score (nSPS) is 20.4. The third-order valence-corrected chi connectivity index (χ3v) is 4.83. The largest absolute Gasteiger partial charge is 0.494 e. The molecular weight excluding hydrogens is 269 g/mol. The maximum Gasteiger partial charge on any atom is 0.165 e. The van der Waals surface area contributed by atoms with Gasteiger partial charge in [-0.15, -0.1) is 0 Å². The van der Waals surface area contributed by atoms with E-state index in [0.717, 1.165) is 25.7 Å². The van der Waals surface area contributed by atoms with Crippen molar-refractivity contribution < 1.29 is 14.2 Å². The van der Waals surface area contributed by atoms with E-state index in [2.05, 4.69) is 0 Å². The maximum atomic E-state index is 13.9. The molecule has 1 aromatic rings. The van der Waals surface area contributed by atoms with Gasteiger partial charge < -0.3 is 15.6 Å². The average Bonchev–Trinajstić information content (AvgIpc) is 2.47. The summed E-state index contributed by atoms with van der Waals surface area (Å²) in [7, 11) is 1.44. The molecule has 1 aromatic carbocycles. The summed E-state index contributed by atoms with van der Waals surface area (Å²) in [6.07, 6.45) is 6.86. The van der Waals surface area contributed by atoms with Gasteiger partial charge in [-0.1, -0.05) is 38.2 Å². The minimum atomic E-state index is -0.721. The molecule has 0 aliphatic heterocycles. The van der Waals surface area contributed by atoms with Gasteiger partial charge in [-0.2, -0.15) is 0 Å². The number of nitrogens with two attached hydrogens (primary N) is 1. The van der Waals surface area contributed by atoms with Crippen LogP contribution in [0.25, 0.3) is 0 Å². The fraction of sp³-hybridized carbons (Fsp3) is 0.647. The highest BCUT2D eigenvalue weighted by Crippen LogP contribution is 2.44. The molecule has 1 unspecified atom stereocenters. The Hall–Kier alpha value is -1.13. The van der Waals surface area contributed by atoms with E-state index >= 15 is 0 Å². The molecule has 3 N–H and O–H groups in total. The van der Waals surface area contributed by atoms with Gasteiger partial charge in [-0.25, -0.2) is 4.39 Å². The minimum Gasteiger partial charge on any atom is -0.494 e. The Morgan fingerprint density at radius 2 is 1.86 bits per heavy atom. The average molecular weight is 295 g/mol. The highest BCUT2D eigenvalue weighted by Gasteiger charge is 2.37. The van der Waals surface area contributed by atoms with E-state index in [0.29, 0.717) is 12.1 Å². The number of hydrogen-bond acceptors (Lipinski definition) is 3. The van der Waals surface area contributed by atoms with Crippen molar-refractivity contribution >= 4 is 0 Å². The lowest BCUT2D eigenvalue weighted by Crippen LogP contribution is -2.37. The molecule has 0 radical (unpaired) electrons. The predicted octanol–water partition coefficient (Wildman–Crippen LogP) is 3.56. The summed E-state index contributed by atoms with van der Waals surface area (Å²) in [6.45, 7) is 0.432. The quantitative estimate of drug-likeness (QED) is 0.893. The minimum absolute atomic E-state index is 0.199. The molecule has 3 nitrogen and oxygen atoms in total. The van der Waals surface area contributed by atoms with E-state index in [1.807, 2.05) is 0 Å². The summed E-state index contributed by atoms with van der Waals surface area (Å²) in [5, 5.41) is 10.8. The molecule has 0 amide bonds. The Kier molecular flexibility index (Phi) is 5.59. The van der Waals surface area contributed by atoms with Crippen LogP contribution in [0.2, 0.25) is 0 Å². The maximum absolute atomic E-state index is 13.9. The first-order chi connectivity index (χ1) is 10.1. The predicted molar refractivity (Wildman–Crippen MR) is 81.7 cm³/mol. The third kappa shape index (κ3) is 3.55. The standard InChI is InChI=1S/C17H26FNO2/c1-21-15-8-7-13(11-14(15)18)16(20)17(12-19)9-5-3-2-4-6-10-17/h7-8,11,16,20H,2-6,9-10,12,19H2,1H3. The fourth-order valence-corrected chi connectivity index (χ4v) is 3.40. The summed E-state index contributed by atoms with van der Waals surface area (Å²) in [5.41, 5.74) is 6.28. The van der Waals surface area contributed by atoms with Gasteiger partial charge in [0.15, 0.2) is 11.6 Å². The molecule has 1 atom stereocenters. The molecule has 21 heavy (non-hydrogen) atoms. The first kappa shape index (κ1) is 16.2. The van der Waals surface area contributed by atoms with E-state index in [4.69, 9.17) is 10.5 Å². The number of methoxy groups -OCH3 is 1. The van der Waals surface area contributed by atoms with Gasteiger partial charge in [-0.05, 0) is 30.5 Å². The van der Waals surface area contributed by atoms with Crippen LogP contribution in [-0.4, -0.2) is 18.8 Å². The molecule has 1 fully saturated rings. The highest BCUT2D eigenvalue weighted by molar-refractivity contribution is 5.31. The topological polar surface area (TPSA) is 55.5 Å². The van der Waals surface area contributed by atoms with E-state index in [1.165, 1.54) is 32.4 Å². The number of rotatable bonds is 4. The van der Waals surface area contributed by atoms with Crippen molar-refractivity contribution in [3.63, 3.8) is 0 Å². The number of hydrogen-bond donors (Lipinski definition) is 2. The molecule has 0 aromatic heterocycles. The van der Waals surface area contributed by atoms with E-state index in [-0.39, 0.29) is 11.2 Å². The van der Waals surface area contributed by atoms with Gasteiger partial charge in [0.25, 0.3) is 0 Å². The lowest BCUT2D eigenvalue weighted by atomic mass is 9.70.